The molecule has 1 N–H and O–H groups in total. The van der Waals surface area contributed by atoms with Gasteiger partial charge >= 0.3 is 41.8 Å². The largest absolute Gasteiger partial charge is 0.465 e. The molecule has 190 valence electrons. The molecule has 0 aliphatic carbocycles. The van der Waals surface area contributed by atoms with Crippen molar-refractivity contribution in [2.75, 3.05) is 7.11 Å². The Kier molecular flexibility index (Phi) is 7.42. The molecule has 16 heteroatoms. The van der Waals surface area contributed by atoms with Gasteiger partial charge in [0.25, 0.3) is 0 Å². The Labute approximate surface area is 176 Å². The van der Waals surface area contributed by atoms with Gasteiger partial charge in [-0.2, -0.15) is 57.1 Å². The molecule has 0 spiro atoms. The molecule has 1 rings (SSSR count). The third kappa shape index (κ3) is 4.21. The molecule has 0 bridgehead atoms. The molecule has 0 aromatic heterocycles. The SMILES string of the molecule is COC(=O)c1ccccc1C(O)C(C)C(F)(F)C(F)(F)C(F)(F)C(F)(F)C(F)(F)C(F)(F)F. The summed E-state index contributed by atoms with van der Waals surface area (Å²) in [5.74, 6) is -42.8. The highest BCUT2D eigenvalue weighted by molar-refractivity contribution is 5.91. The summed E-state index contributed by atoms with van der Waals surface area (Å²) in [5, 5.41) is 9.99. The van der Waals surface area contributed by atoms with Gasteiger partial charge in [0.05, 0.1) is 24.7 Å². The number of methoxy groups -OCH3 is 1. The minimum absolute atomic E-state index is 0.108. The zero-order valence-corrected chi connectivity index (χ0v) is 16.1. The van der Waals surface area contributed by atoms with E-state index in [0.717, 1.165) is 25.3 Å². The molecule has 33 heavy (non-hydrogen) atoms. The number of halogens is 13. The average molecular weight is 512 g/mol. The highest BCUT2D eigenvalue weighted by Crippen LogP contribution is 2.62. The number of hydrogen-bond donors (Lipinski definition) is 1. The predicted molar refractivity (Wildman–Crippen MR) is 82.7 cm³/mol. The van der Waals surface area contributed by atoms with E-state index >= 15 is 0 Å². The van der Waals surface area contributed by atoms with E-state index < -0.39 is 64.9 Å². The van der Waals surface area contributed by atoms with Crippen LogP contribution in [0.1, 0.15) is 28.9 Å². The molecule has 0 aliphatic rings. The van der Waals surface area contributed by atoms with Gasteiger partial charge in [-0.15, -0.1) is 0 Å². The molecule has 0 saturated carbocycles. The molecule has 2 atom stereocenters. The van der Waals surface area contributed by atoms with Crippen molar-refractivity contribution < 1.29 is 71.7 Å². The van der Waals surface area contributed by atoms with Crippen molar-refractivity contribution in [2.24, 2.45) is 5.92 Å². The van der Waals surface area contributed by atoms with Crippen LogP contribution in [0, 0.1) is 5.92 Å². The minimum Gasteiger partial charge on any atom is -0.465 e. The third-order valence-electron chi connectivity index (χ3n) is 4.69. The Morgan fingerprint density at radius 3 is 1.64 bits per heavy atom. The van der Waals surface area contributed by atoms with Crippen LogP contribution in [0.25, 0.3) is 0 Å². The van der Waals surface area contributed by atoms with E-state index in [-0.39, 0.29) is 6.92 Å². The lowest BCUT2D eigenvalue weighted by Gasteiger charge is -2.42. The lowest BCUT2D eigenvalue weighted by molar-refractivity contribution is -0.444. The quantitative estimate of drug-likeness (QED) is 0.350. The van der Waals surface area contributed by atoms with Crippen molar-refractivity contribution in [3.63, 3.8) is 0 Å². The molecule has 0 amide bonds. The minimum atomic E-state index is -8.04. The zero-order valence-electron chi connectivity index (χ0n) is 16.1. The van der Waals surface area contributed by atoms with E-state index in [1.165, 1.54) is 0 Å². The maximum Gasteiger partial charge on any atom is 0.460 e. The van der Waals surface area contributed by atoms with Crippen molar-refractivity contribution in [1.29, 1.82) is 0 Å². The monoisotopic (exact) mass is 512 g/mol. The number of esters is 1. The van der Waals surface area contributed by atoms with Crippen LogP contribution in [0.5, 0.6) is 0 Å². The van der Waals surface area contributed by atoms with Gasteiger partial charge < -0.3 is 9.84 Å². The Balaban J connectivity index is 3.56. The van der Waals surface area contributed by atoms with Crippen molar-refractivity contribution in [2.45, 2.75) is 48.8 Å². The molecule has 1 aromatic carbocycles. The van der Waals surface area contributed by atoms with Crippen molar-refractivity contribution >= 4 is 5.97 Å². The number of alkyl halides is 13. The first-order valence-corrected chi connectivity index (χ1v) is 8.35. The summed E-state index contributed by atoms with van der Waals surface area (Å²) in [6.45, 7) is -0.108. The molecule has 3 nitrogen and oxygen atoms in total. The van der Waals surface area contributed by atoms with Gasteiger partial charge in [0.15, 0.2) is 0 Å². The Morgan fingerprint density at radius 2 is 1.21 bits per heavy atom. The molecular weight excluding hydrogens is 499 g/mol. The van der Waals surface area contributed by atoms with Gasteiger partial charge in [-0.3, -0.25) is 0 Å². The van der Waals surface area contributed by atoms with E-state index in [4.69, 9.17) is 0 Å². The fourth-order valence-corrected chi connectivity index (χ4v) is 2.59. The molecule has 0 heterocycles. The van der Waals surface area contributed by atoms with E-state index in [9.17, 15) is 67.0 Å². The topological polar surface area (TPSA) is 46.5 Å². The molecule has 0 aliphatic heterocycles. The highest BCUT2D eigenvalue weighted by atomic mass is 19.4. The number of ether oxygens (including phenoxy) is 1. The van der Waals surface area contributed by atoms with Crippen molar-refractivity contribution in [3.8, 4) is 0 Å². The first-order chi connectivity index (χ1) is 14.5. The van der Waals surface area contributed by atoms with Gasteiger partial charge in [-0.25, -0.2) is 4.79 Å². The Morgan fingerprint density at radius 1 is 0.788 bits per heavy atom. The first-order valence-electron chi connectivity index (χ1n) is 8.35. The second-order valence-electron chi connectivity index (χ2n) is 6.73. The number of aliphatic hydroxyl groups excluding tert-OH is 1. The zero-order chi connectivity index (χ0) is 26.4. The maximum atomic E-state index is 14.3. The standard InChI is InChI=1S/C17H13F13O3/c1-7(10(31)8-5-3-4-6-9(8)11(32)33-2)12(18,19)13(20,21)14(22,23)15(24,25)16(26,27)17(28,29)30/h3-7,10,31H,1-2H3. The summed E-state index contributed by atoms with van der Waals surface area (Å²) >= 11 is 0. The summed E-state index contributed by atoms with van der Waals surface area (Å²) in [4.78, 5) is 11.6. The normalized spacial score (nSPS) is 16.4. The van der Waals surface area contributed by atoms with Crippen molar-refractivity contribution in [1.82, 2.24) is 0 Å². The van der Waals surface area contributed by atoms with E-state index in [2.05, 4.69) is 4.74 Å². The predicted octanol–water partition coefficient (Wildman–Crippen LogP) is 5.88. The smallest absolute Gasteiger partial charge is 0.460 e. The third-order valence-corrected chi connectivity index (χ3v) is 4.69. The van der Waals surface area contributed by atoms with Crippen LogP contribution < -0.4 is 0 Å². The van der Waals surface area contributed by atoms with Gasteiger partial charge in [-0.05, 0) is 11.6 Å². The molecular formula is C17H13F13O3. The van der Waals surface area contributed by atoms with Crippen LogP contribution in [-0.2, 0) is 4.74 Å². The average Bonchev–Trinajstić information content (AvgIpc) is 2.70. The number of carbonyl (C=O) groups is 1. The van der Waals surface area contributed by atoms with Crippen LogP contribution in [0.2, 0.25) is 0 Å². The molecule has 0 fully saturated rings. The van der Waals surface area contributed by atoms with E-state index in [1.54, 1.807) is 0 Å². The van der Waals surface area contributed by atoms with Crippen molar-refractivity contribution in [3.05, 3.63) is 35.4 Å². The van der Waals surface area contributed by atoms with Crippen LogP contribution in [0.3, 0.4) is 0 Å². The number of aliphatic hydroxyl groups is 1. The summed E-state index contributed by atoms with van der Waals surface area (Å²) in [6.07, 6.45) is -10.5. The van der Waals surface area contributed by atoms with Gasteiger partial charge in [0, 0.05) is 0 Å². The Hall–Kier alpha value is -2.26. The fourth-order valence-electron chi connectivity index (χ4n) is 2.59. The second kappa shape index (κ2) is 8.51. The van der Waals surface area contributed by atoms with Crippen LogP contribution in [0.4, 0.5) is 57.1 Å². The van der Waals surface area contributed by atoms with E-state index in [0.29, 0.717) is 6.07 Å². The molecule has 1 aromatic rings. The lowest BCUT2D eigenvalue weighted by atomic mass is 9.82. The van der Waals surface area contributed by atoms with Gasteiger partial charge in [0.1, 0.15) is 0 Å². The lowest BCUT2D eigenvalue weighted by Crippen LogP contribution is -2.71. The molecule has 0 radical (unpaired) electrons. The summed E-state index contributed by atoms with van der Waals surface area (Å²) in [6, 6.07) is 3.47. The summed E-state index contributed by atoms with van der Waals surface area (Å²) < 4.78 is 177. The maximum absolute atomic E-state index is 14.3. The summed E-state index contributed by atoms with van der Waals surface area (Å²) in [7, 11) is 0.765. The van der Waals surface area contributed by atoms with Crippen LogP contribution in [0.15, 0.2) is 24.3 Å². The highest BCUT2D eigenvalue weighted by Gasteiger charge is 2.91. The fraction of sp³-hybridized carbons (Fsp3) is 0.588. The number of carbonyl (C=O) groups excluding carboxylic acids is 1. The first kappa shape index (κ1) is 28.8. The van der Waals surface area contributed by atoms with Crippen LogP contribution in [-0.4, -0.2) is 54.0 Å². The Bertz CT molecular complexity index is 864. The molecule has 2 unspecified atom stereocenters. The number of hydrogen-bond acceptors (Lipinski definition) is 3. The summed E-state index contributed by atoms with van der Waals surface area (Å²) in [5.41, 5.74) is -1.69. The van der Waals surface area contributed by atoms with Crippen LogP contribution >= 0.6 is 0 Å². The molecule has 0 saturated heterocycles. The van der Waals surface area contributed by atoms with Gasteiger partial charge in [-0.1, -0.05) is 25.1 Å². The number of rotatable bonds is 8. The van der Waals surface area contributed by atoms with E-state index in [1.807, 2.05) is 0 Å². The second-order valence-corrected chi connectivity index (χ2v) is 6.73. The van der Waals surface area contributed by atoms with Gasteiger partial charge in [0.2, 0.25) is 0 Å². The number of benzene rings is 1.